The number of rotatable bonds is 4. The summed E-state index contributed by atoms with van der Waals surface area (Å²) in [4.78, 5) is 5.22. The second kappa shape index (κ2) is 6.91. The lowest BCUT2D eigenvalue weighted by molar-refractivity contribution is 0.0237. The van der Waals surface area contributed by atoms with Crippen molar-refractivity contribution in [3.63, 3.8) is 0 Å². The summed E-state index contributed by atoms with van der Waals surface area (Å²) in [6, 6.07) is 10.8. The monoisotopic (exact) mass is 288 g/mol. The van der Waals surface area contributed by atoms with Crippen molar-refractivity contribution < 1.29 is 5.11 Å². The Labute approximate surface area is 128 Å². The van der Waals surface area contributed by atoms with Gasteiger partial charge in [0.1, 0.15) is 0 Å². The van der Waals surface area contributed by atoms with Gasteiger partial charge in [-0.25, -0.2) is 0 Å². The smallest absolute Gasteiger partial charge is 0.0827 e. The van der Waals surface area contributed by atoms with Crippen molar-refractivity contribution in [3.05, 3.63) is 35.9 Å². The maximum absolute atomic E-state index is 10.5. The lowest BCUT2D eigenvalue weighted by Gasteiger charge is -2.45. The van der Waals surface area contributed by atoms with Crippen LogP contribution in [0.1, 0.15) is 37.9 Å². The molecule has 3 heteroatoms. The van der Waals surface area contributed by atoms with Crippen molar-refractivity contribution in [2.75, 3.05) is 32.7 Å². The average Bonchev–Trinajstić information content (AvgIpc) is 2.55. The van der Waals surface area contributed by atoms with Gasteiger partial charge in [0.2, 0.25) is 0 Å². The van der Waals surface area contributed by atoms with Crippen LogP contribution in [0.15, 0.2) is 30.3 Å². The molecule has 1 aromatic carbocycles. The molecule has 2 heterocycles. The standard InChI is InChI=1S/C18H28N2O/c1-15(18(21)16-7-3-2-4-8-16)13-19-11-12-20-10-6-5-9-17(20)14-19/h2-4,7-8,15,17-18,21H,5-6,9-14H2,1H3. The molecule has 1 N–H and O–H groups in total. The molecule has 2 aliphatic rings. The van der Waals surface area contributed by atoms with Gasteiger partial charge in [-0.05, 0) is 30.9 Å². The quantitative estimate of drug-likeness (QED) is 0.922. The highest BCUT2D eigenvalue weighted by Gasteiger charge is 2.30. The Morgan fingerprint density at radius 1 is 1.14 bits per heavy atom. The highest BCUT2D eigenvalue weighted by molar-refractivity contribution is 5.17. The summed E-state index contributed by atoms with van der Waals surface area (Å²) in [6.45, 7) is 8.01. The van der Waals surface area contributed by atoms with Gasteiger partial charge in [-0.1, -0.05) is 43.7 Å². The number of aliphatic hydroxyl groups excluding tert-OH is 1. The summed E-state index contributed by atoms with van der Waals surface area (Å²) in [5, 5.41) is 10.5. The molecule has 3 atom stereocenters. The van der Waals surface area contributed by atoms with Crippen molar-refractivity contribution >= 4 is 0 Å². The average molecular weight is 288 g/mol. The molecule has 1 aromatic rings. The first-order valence-corrected chi connectivity index (χ1v) is 8.43. The topological polar surface area (TPSA) is 26.7 Å². The highest BCUT2D eigenvalue weighted by atomic mass is 16.3. The van der Waals surface area contributed by atoms with Crippen molar-refractivity contribution in [2.45, 2.75) is 38.3 Å². The minimum Gasteiger partial charge on any atom is -0.388 e. The van der Waals surface area contributed by atoms with E-state index in [-0.39, 0.29) is 12.0 Å². The van der Waals surface area contributed by atoms with E-state index < -0.39 is 0 Å². The number of fused-ring (bicyclic) bond motifs is 1. The van der Waals surface area contributed by atoms with Gasteiger partial charge in [0.05, 0.1) is 6.10 Å². The second-order valence-corrected chi connectivity index (χ2v) is 6.78. The third-order valence-electron chi connectivity index (χ3n) is 5.15. The third-order valence-corrected chi connectivity index (χ3v) is 5.15. The fraction of sp³-hybridized carbons (Fsp3) is 0.667. The van der Waals surface area contributed by atoms with Crippen LogP contribution in [0, 0.1) is 5.92 Å². The van der Waals surface area contributed by atoms with E-state index in [1.165, 1.54) is 38.9 Å². The van der Waals surface area contributed by atoms with E-state index in [2.05, 4.69) is 16.7 Å². The SMILES string of the molecule is CC(CN1CCN2CCCCC2C1)C(O)c1ccccc1. The van der Waals surface area contributed by atoms with Gasteiger partial charge in [-0.15, -0.1) is 0 Å². The van der Waals surface area contributed by atoms with Gasteiger partial charge in [-0.2, -0.15) is 0 Å². The van der Waals surface area contributed by atoms with E-state index >= 15 is 0 Å². The van der Waals surface area contributed by atoms with Gasteiger partial charge in [0, 0.05) is 32.2 Å². The molecule has 0 spiro atoms. The number of nitrogens with zero attached hydrogens (tertiary/aromatic N) is 2. The largest absolute Gasteiger partial charge is 0.388 e. The van der Waals surface area contributed by atoms with Crippen LogP contribution in [0.4, 0.5) is 0 Å². The Morgan fingerprint density at radius 2 is 1.95 bits per heavy atom. The minimum absolute atomic E-state index is 0.280. The molecule has 0 bridgehead atoms. The van der Waals surface area contributed by atoms with E-state index in [0.717, 1.165) is 24.7 Å². The van der Waals surface area contributed by atoms with Gasteiger partial charge in [-0.3, -0.25) is 4.90 Å². The zero-order chi connectivity index (χ0) is 14.7. The van der Waals surface area contributed by atoms with Crippen LogP contribution in [-0.2, 0) is 0 Å². The van der Waals surface area contributed by atoms with E-state index in [0.29, 0.717) is 0 Å². The lowest BCUT2D eigenvalue weighted by Crippen LogP contribution is -2.55. The molecule has 2 aliphatic heterocycles. The molecular formula is C18H28N2O. The lowest BCUT2D eigenvalue weighted by atomic mass is 9.95. The number of piperidine rings is 1. The Balaban J connectivity index is 1.54. The molecule has 0 saturated carbocycles. The summed E-state index contributed by atoms with van der Waals surface area (Å²) in [6.07, 6.45) is 3.76. The molecule has 3 nitrogen and oxygen atoms in total. The van der Waals surface area contributed by atoms with Crippen molar-refractivity contribution in [3.8, 4) is 0 Å². The molecule has 116 valence electrons. The predicted molar refractivity (Wildman–Crippen MR) is 86.2 cm³/mol. The van der Waals surface area contributed by atoms with Crippen LogP contribution in [-0.4, -0.2) is 53.7 Å². The maximum atomic E-state index is 10.5. The fourth-order valence-electron chi connectivity index (χ4n) is 3.87. The van der Waals surface area contributed by atoms with Crippen LogP contribution in [0.5, 0.6) is 0 Å². The number of piperazine rings is 1. The fourth-order valence-corrected chi connectivity index (χ4v) is 3.87. The zero-order valence-corrected chi connectivity index (χ0v) is 13.1. The number of benzene rings is 1. The maximum Gasteiger partial charge on any atom is 0.0827 e. The summed E-state index contributed by atoms with van der Waals surface area (Å²) in [7, 11) is 0. The molecule has 0 amide bonds. The Kier molecular flexibility index (Phi) is 4.94. The van der Waals surface area contributed by atoms with Crippen LogP contribution < -0.4 is 0 Å². The van der Waals surface area contributed by atoms with Gasteiger partial charge in [0.25, 0.3) is 0 Å². The van der Waals surface area contributed by atoms with E-state index in [4.69, 9.17) is 0 Å². The number of hydrogen-bond donors (Lipinski definition) is 1. The summed E-state index contributed by atoms with van der Waals surface area (Å²) in [5.74, 6) is 0.280. The minimum atomic E-state index is -0.351. The van der Waals surface area contributed by atoms with Gasteiger partial charge in [0.15, 0.2) is 0 Å². The molecule has 21 heavy (non-hydrogen) atoms. The Hall–Kier alpha value is -0.900. The molecule has 0 radical (unpaired) electrons. The Bertz CT molecular complexity index is 436. The van der Waals surface area contributed by atoms with E-state index in [9.17, 15) is 5.11 Å². The normalized spacial score (nSPS) is 27.0. The third kappa shape index (κ3) is 3.65. The molecule has 3 rings (SSSR count). The first-order valence-electron chi connectivity index (χ1n) is 8.43. The summed E-state index contributed by atoms with van der Waals surface area (Å²) < 4.78 is 0. The molecule has 0 aliphatic carbocycles. The molecule has 0 aromatic heterocycles. The van der Waals surface area contributed by atoms with E-state index in [1.54, 1.807) is 0 Å². The first kappa shape index (κ1) is 15.0. The van der Waals surface area contributed by atoms with Crippen LogP contribution in [0.25, 0.3) is 0 Å². The summed E-state index contributed by atoms with van der Waals surface area (Å²) in [5.41, 5.74) is 1.04. The molecule has 2 fully saturated rings. The number of aliphatic hydroxyl groups is 1. The highest BCUT2D eigenvalue weighted by Crippen LogP contribution is 2.25. The molecular weight excluding hydrogens is 260 g/mol. The second-order valence-electron chi connectivity index (χ2n) is 6.78. The molecule has 3 unspecified atom stereocenters. The van der Waals surface area contributed by atoms with Crippen LogP contribution in [0.2, 0.25) is 0 Å². The van der Waals surface area contributed by atoms with Crippen LogP contribution >= 0.6 is 0 Å². The zero-order valence-electron chi connectivity index (χ0n) is 13.1. The predicted octanol–water partition coefficient (Wildman–Crippen LogP) is 2.53. The first-order chi connectivity index (χ1) is 10.2. The van der Waals surface area contributed by atoms with Gasteiger partial charge >= 0.3 is 0 Å². The van der Waals surface area contributed by atoms with E-state index in [1.807, 2.05) is 30.3 Å². The molecule has 2 saturated heterocycles. The Morgan fingerprint density at radius 3 is 2.76 bits per heavy atom. The van der Waals surface area contributed by atoms with Gasteiger partial charge < -0.3 is 10.0 Å². The van der Waals surface area contributed by atoms with Crippen molar-refractivity contribution in [1.29, 1.82) is 0 Å². The summed E-state index contributed by atoms with van der Waals surface area (Å²) >= 11 is 0. The van der Waals surface area contributed by atoms with Crippen molar-refractivity contribution in [2.24, 2.45) is 5.92 Å². The number of hydrogen-bond acceptors (Lipinski definition) is 3. The van der Waals surface area contributed by atoms with Crippen molar-refractivity contribution in [1.82, 2.24) is 9.80 Å². The van der Waals surface area contributed by atoms with Crippen LogP contribution in [0.3, 0.4) is 0 Å².